The van der Waals surface area contributed by atoms with Gasteiger partial charge < -0.3 is 24.8 Å². The largest absolute Gasteiger partial charge is 4.00 e. The summed E-state index contributed by atoms with van der Waals surface area (Å²) in [6.07, 6.45) is 0. The standard InChI is InChI=1S/2C8H11.C2H8Si.2ClH.3Hf/c2*1-6-4-7(2)8(3)5-6;1-3-2;;;;;/h2*4-5H,1-3H3;3H2,1-2H3;2*1H;;;/q2*-1;;;;3*+4/p-2. The second-order valence-electron chi connectivity index (χ2n) is 5.50. The first-order valence-corrected chi connectivity index (χ1v) is 10.1. The monoisotopic (exact) mass is 884 g/mol. The van der Waals surface area contributed by atoms with Gasteiger partial charge in [-0.1, -0.05) is 54.6 Å². The molecule has 0 saturated heterocycles. The summed E-state index contributed by atoms with van der Waals surface area (Å²) in [5, 5.41) is 0. The number of hydrogen-bond donors (Lipinski definition) is 0. The van der Waals surface area contributed by atoms with Crippen molar-refractivity contribution in [2.24, 2.45) is 0 Å². The molecule has 0 nitrogen and oxygen atoms in total. The first-order valence-electron chi connectivity index (χ1n) is 7.22. The zero-order valence-corrected chi connectivity index (χ0v) is 30.0. The van der Waals surface area contributed by atoms with Gasteiger partial charge in [0.05, 0.1) is 0 Å². The van der Waals surface area contributed by atoms with E-state index >= 15 is 0 Å². The van der Waals surface area contributed by atoms with Crippen LogP contribution in [0.15, 0.2) is 24.3 Å². The Bertz CT molecular complexity index is 411. The average molecular weight is 881 g/mol. The molecule has 0 aliphatic carbocycles. The summed E-state index contributed by atoms with van der Waals surface area (Å²) in [4.78, 5) is 0. The van der Waals surface area contributed by atoms with Crippen LogP contribution in [0.2, 0.25) is 13.1 Å². The second kappa shape index (κ2) is 23.1. The van der Waals surface area contributed by atoms with Gasteiger partial charge in [-0.25, -0.2) is 12.1 Å². The number of halogens is 2. The summed E-state index contributed by atoms with van der Waals surface area (Å²) < 4.78 is 0. The molecule has 0 saturated carbocycles. The maximum atomic E-state index is 2.26. The molecule has 0 fully saturated rings. The molecule has 0 amide bonds. The number of aryl methyl sites for hydroxylation is 6. The van der Waals surface area contributed by atoms with Crippen LogP contribution in [-0.2, 0) is 77.5 Å². The van der Waals surface area contributed by atoms with E-state index in [0.717, 1.165) is 0 Å². The first-order chi connectivity index (χ1) is 8.81. The van der Waals surface area contributed by atoms with Gasteiger partial charge in [0.2, 0.25) is 0 Å². The van der Waals surface area contributed by atoms with Crippen LogP contribution in [0.3, 0.4) is 0 Å². The Morgan fingerprint density at radius 3 is 0.875 bits per heavy atom. The summed E-state index contributed by atoms with van der Waals surface area (Å²) in [5.74, 6) is 0. The summed E-state index contributed by atoms with van der Waals surface area (Å²) in [5.41, 5.74) is 8.37. The van der Waals surface area contributed by atoms with Crippen molar-refractivity contribution < 1.29 is 102 Å². The number of rotatable bonds is 0. The first kappa shape index (κ1) is 40.7. The molecule has 0 aliphatic heterocycles. The molecule has 0 bridgehead atoms. The Labute approximate surface area is 221 Å². The van der Waals surface area contributed by atoms with Crippen molar-refractivity contribution in [3.05, 3.63) is 57.6 Å². The van der Waals surface area contributed by atoms with Crippen molar-refractivity contribution in [3.63, 3.8) is 0 Å². The van der Waals surface area contributed by atoms with E-state index < -0.39 is 0 Å². The Hall–Kier alpha value is 2.11. The maximum absolute atomic E-state index is 2.26. The topological polar surface area (TPSA) is 0 Å². The molecule has 0 aromatic heterocycles. The van der Waals surface area contributed by atoms with E-state index in [-0.39, 0.29) is 102 Å². The van der Waals surface area contributed by atoms with Crippen molar-refractivity contribution in [1.82, 2.24) is 0 Å². The third-order valence-corrected chi connectivity index (χ3v) is 3.02. The minimum Gasteiger partial charge on any atom is -1.00 e. The summed E-state index contributed by atoms with van der Waals surface area (Å²) in [6.45, 7) is 17.3. The van der Waals surface area contributed by atoms with Gasteiger partial charge in [-0.2, -0.15) is 45.5 Å². The van der Waals surface area contributed by atoms with Gasteiger partial charge in [0.25, 0.3) is 0 Å². The Kier molecular flexibility index (Phi) is 39.3. The Morgan fingerprint density at radius 2 is 0.833 bits per heavy atom. The quantitative estimate of drug-likeness (QED) is 0.234. The molecule has 0 heterocycles. The van der Waals surface area contributed by atoms with Gasteiger partial charge in [0.1, 0.15) is 0 Å². The summed E-state index contributed by atoms with van der Waals surface area (Å²) in [6, 6.07) is 8.81. The molecule has 124 valence electrons. The van der Waals surface area contributed by atoms with Crippen LogP contribution in [0.1, 0.15) is 33.4 Å². The summed E-state index contributed by atoms with van der Waals surface area (Å²) >= 11 is 0. The Morgan fingerprint density at radius 1 is 0.625 bits per heavy atom. The molecule has 0 N–H and O–H groups in total. The molecule has 24 heavy (non-hydrogen) atoms. The fourth-order valence-corrected chi connectivity index (χ4v) is 1.90. The van der Waals surface area contributed by atoms with Crippen molar-refractivity contribution >= 4 is 9.52 Å². The molecular weight excluding hydrogens is 851 g/mol. The van der Waals surface area contributed by atoms with Gasteiger partial charge in [0.15, 0.2) is 0 Å². The van der Waals surface area contributed by atoms with Gasteiger partial charge in [-0.05, 0) is 0 Å². The van der Waals surface area contributed by atoms with Crippen LogP contribution < -0.4 is 24.8 Å². The van der Waals surface area contributed by atoms with Crippen LogP contribution in [-0.4, -0.2) is 9.52 Å². The molecule has 0 unspecified atom stereocenters. The van der Waals surface area contributed by atoms with Gasteiger partial charge in [-0.15, -0.1) is 0 Å². The molecule has 0 aliphatic rings. The SMILES string of the molecule is C[SiH2]C.Cc1cc(C)c(C)[cH-]1.Cc1cc(C)c(C)[cH-]1.[Cl-].[Cl-].[Hf+4].[Hf+4].[Hf+4]. The molecule has 2 aromatic carbocycles. The fourth-order valence-electron chi connectivity index (χ4n) is 1.90. The van der Waals surface area contributed by atoms with E-state index in [0.29, 0.717) is 9.52 Å². The van der Waals surface area contributed by atoms with Crippen LogP contribution in [0.4, 0.5) is 0 Å². The van der Waals surface area contributed by atoms with Crippen LogP contribution >= 0.6 is 0 Å². The minimum atomic E-state index is 0. The van der Waals surface area contributed by atoms with Crippen molar-refractivity contribution in [1.29, 1.82) is 0 Å². The smallest absolute Gasteiger partial charge is 1.00 e. The van der Waals surface area contributed by atoms with Crippen molar-refractivity contribution in [3.8, 4) is 0 Å². The van der Waals surface area contributed by atoms with Crippen LogP contribution in [0.25, 0.3) is 0 Å². The second-order valence-corrected chi connectivity index (χ2v) is 6.92. The van der Waals surface area contributed by atoms with Gasteiger partial charge >= 0.3 is 77.5 Å². The van der Waals surface area contributed by atoms with Crippen LogP contribution in [0.5, 0.6) is 0 Å². The third kappa shape index (κ3) is 18.9. The number of hydrogen-bond acceptors (Lipinski definition) is 0. The zero-order chi connectivity index (χ0) is 15.0. The predicted octanol–water partition coefficient (Wildman–Crippen LogP) is -1.09. The molecule has 6 heteroatoms. The molecule has 0 atom stereocenters. The molecular formula is C18H30Cl2Hf3Si+8. The van der Waals surface area contributed by atoms with E-state index in [1.165, 1.54) is 33.4 Å². The molecule has 0 spiro atoms. The third-order valence-electron chi connectivity index (χ3n) is 3.02. The van der Waals surface area contributed by atoms with Crippen molar-refractivity contribution in [2.45, 2.75) is 54.6 Å². The maximum Gasteiger partial charge on any atom is 4.00 e. The fraction of sp³-hybridized carbons (Fsp3) is 0.444. The average Bonchev–Trinajstić information content (AvgIpc) is 2.72. The normalized spacial score (nSPS) is 7.33. The summed E-state index contributed by atoms with van der Waals surface area (Å²) in [7, 11) is 0.417. The van der Waals surface area contributed by atoms with E-state index in [9.17, 15) is 0 Å². The van der Waals surface area contributed by atoms with Crippen molar-refractivity contribution in [2.75, 3.05) is 0 Å². The van der Waals surface area contributed by atoms with Gasteiger partial charge in [-0.3, -0.25) is 0 Å². The Balaban J connectivity index is -0.0000000493. The zero-order valence-electron chi connectivity index (χ0n) is 16.3. The molecule has 2 aromatic rings. The van der Waals surface area contributed by atoms with Gasteiger partial charge in [0, 0.05) is 9.52 Å². The van der Waals surface area contributed by atoms with E-state index in [4.69, 9.17) is 0 Å². The van der Waals surface area contributed by atoms with Crippen LogP contribution in [0, 0.1) is 41.5 Å². The minimum absolute atomic E-state index is 0. The molecule has 2 rings (SSSR count). The van der Waals surface area contributed by atoms with E-state index in [1.807, 2.05) is 0 Å². The van der Waals surface area contributed by atoms with E-state index in [1.54, 1.807) is 0 Å². The predicted molar refractivity (Wildman–Crippen MR) is 92.8 cm³/mol. The van der Waals surface area contributed by atoms with E-state index in [2.05, 4.69) is 78.9 Å². The molecule has 0 radical (unpaired) electrons.